The van der Waals surface area contributed by atoms with E-state index in [2.05, 4.69) is 46.4 Å². The normalized spacial score (nSPS) is 10.4. The maximum Gasteiger partial charge on any atom is 0.120 e. The van der Waals surface area contributed by atoms with Crippen molar-refractivity contribution in [1.29, 1.82) is 0 Å². The van der Waals surface area contributed by atoms with Crippen LogP contribution >= 0.6 is 15.9 Å². The molecule has 18 heavy (non-hydrogen) atoms. The van der Waals surface area contributed by atoms with Crippen LogP contribution in [-0.2, 0) is 6.54 Å². The number of rotatable bonds is 3. The van der Waals surface area contributed by atoms with Gasteiger partial charge in [-0.25, -0.2) is 0 Å². The fourth-order valence-corrected chi connectivity index (χ4v) is 2.10. The molecule has 2 aromatic carbocycles. The molecule has 0 spiro atoms. The molecule has 0 aliphatic carbocycles. The maximum absolute atomic E-state index is 9.63. The van der Waals surface area contributed by atoms with Crippen molar-refractivity contribution in [1.82, 2.24) is 0 Å². The molecule has 0 amide bonds. The Labute approximate surface area is 116 Å². The highest BCUT2D eigenvalue weighted by Gasteiger charge is 2.00. The largest absolute Gasteiger partial charge is 0.508 e. The van der Waals surface area contributed by atoms with Crippen molar-refractivity contribution >= 4 is 21.6 Å². The number of phenols is 1. The zero-order valence-electron chi connectivity index (χ0n) is 10.5. The number of aromatic hydroxyl groups is 1. The van der Waals surface area contributed by atoms with E-state index >= 15 is 0 Å². The van der Waals surface area contributed by atoms with Crippen molar-refractivity contribution in [2.45, 2.75) is 20.4 Å². The Morgan fingerprint density at radius 3 is 2.44 bits per heavy atom. The zero-order valence-corrected chi connectivity index (χ0v) is 12.1. The number of anilines is 1. The number of aryl methyl sites for hydroxylation is 2. The first-order valence-electron chi connectivity index (χ1n) is 5.85. The Hall–Kier alpha value is -1.48. The van der Waals surface area contributed by atoms with Gasteiger partial charge < -0.3 is 10.4 Å². The van der Waals surface area contributed by atoms with Crippen molar-refractivity contribution in [2.24, 2.45) is 0 Å². The zero-order chi connectivity index (χ0) is 13.1. The van der Waals surface area contributed by atoms with Gasteiger partial charge in [-0.1, -0.05) is 34.1 Å². The molecule has 2 rings (SSSR count). The SMILES string of the molecule is Cc1ccc(NCc2ccc(C)c(Br)c2)cc1O. The number of benzene rings is 2. The standard InChI is InChI=1S/C15H16BrNO/c1-10-3-5-12(7-14(10)16)9-17-13-6-4-11(2)15(18)8-13/h3-8,17-18H,9H2,1-2H3. The minimum Gasteiger partial charge on any atom is -0.508 e. The van der Waals surface area contributed by atoms with Gasteiger partial charge in [-0.3, -0.25) is 0 Å². The molecule has 0 aliphatic rings. The summed E-state index contributed by atoms with van der Waals surface area (Å²) in [6.45, 7) is 4.69. The molecule has 2 aromatic rings. The summed E-state index contributed by atoms with van der Waals surface area (Å²) in [7, 11) is 0. The lowest BCUT2D eigenvalue weighted by atomic mass is 10.1. The van der Waals surface area contributed by atoms with Gasteiger partial charge in [0, 0.05) is 22.8 Å². The van der Waals surface area contributed by atoms with E-state index in [0.717, 1.165) is 22.3 Å². The summed E-state index contributed by atoms with van der Waals surface area (Å²) in [5, 5.41) is 12.9. The van der Waals surface area contributed by atoms with E-state index < -0.39 is 0 Å². The molecule has 0 fully saturated rings. The van der Waals surface area contributed by atoms with Crippen molar-refractivity contribution < 1.29 is 5.11 Å². The number of hydrogen-bond donors (Lipinski definition) is 2. The van der Waals surface area contributed by atoms with Gasteiger partial charge in [0.15, 0.2) is 0 Å². The first-order valence-corrected chi connectivity index (χ1v) is 6.64. The third-order valence-corrected chi connectivity index (χ3v) is 3.80. The third kappa shape index (κ3) is 3.05. The summed E-state index contributed by atoms with van der Waals surface area (Å²) < 4.78 is 1.12. The lowest BCUT2D eigenvalue weighted by molar-refractivity contribution is 0.471. The summed E-state index contributed by atoms with van der Waals surface area (Å²) >= 11 is 3.53. The molecule has 2 N–H and O–H groups in total. The molecule has 0 unspecified atom stereocenters. The van der Waals surface area contributed by atoms with E-state index in [4.69, 9.17) is 0 Å². The van der Waals surface area contributed by atoms with E-state index in [-0.39, 0.29) is 0 Å². The number of hydrogen-bond acceptors (Lipinski definition) is 2. The molecule has 2 nitrogen and oxygen atoms in total. The van der Waals surface area contributed by atoms with Gasteiger partial charge in [-0.05, 0) is 42.7 Å². The molecule has 0 radical (unpaired) electrons. The molecule has 0 saturated heterocycles. The molecular weight excluding hydrogens is 290 g/mol. The van der Waals surface area contributed by atoms with Crippen molar-refractivity contribution in [3.8, 4) is 5.75 Å². The minimum absolute atomic E-state index is 0.324. The van der Waals surface area contributed by atoms with E-state index in [9.17, 15) is 5.11 Å². The average molecular weight is 306 g/mol. The van der Waals surface area contributed by atoms with Crippen LogP contribution in [0.3, 0.4) is 0 Å². The number of phenolic OH excluding ortho intramolecular Hbond substituents is 1. The van der Waals surface area contributed by atoms with Crippen molar-refractivity contribution in [2.75, 3.05) is 5.32 Å². The summed E-state index contributed by atoms with van der Waals surface area (Å²) in [4.78, 5) is 0. The first kappa shape index (κ1) is 13.0. The first-order chi connectivity index (χ1) is 8.56. The fraction of sp³-hybridized carbons (Fsp3) is 0.200. The van der Waals surface area contributed by atoms with E-state index in [1.54, 1.807) is 6.07 Å². The highest BCUT2D eigenvalue weighted by atomic mass is 79.9. The average Bonchev–Trinajstić information content (AvgIpc) is 2.35. The second-order valence-electron chi connectivity index (χ2n) is 4.44. The molecule has 3 heteroatoms. The van der Waals surface area contributed by atoms with Crippen LogP contribution in [0.1, 0.15) is 16.7 Å². The van der Waals surface area contributed by atoms with Crippen molar-refractivity contribution in [3.05, 3.63) is 57.6 Å². The predicted octanol–water partition coefficient (Wildman–Crippen LogP) is 4.38. The van der Waals surface area contributed by atoms with Gasteiger partial charge in [0.1, 0.15) is 5.75 Å². The van der Waals surface area contributed by atoms with Gasteiger partial charge in [-0.2, -0.15) is 0 Å². The summed E-state index contributed by atoms with van der Waals surface area (Å²) in [5.74, 6) is 0.324. The molecule has 0 atom stereocenters. The Kier molecular flexibility index (Phi) is 3.92. The predicted molar refractivity (Wildman–Crippen MR) is 79.0 cm³/mol. The topological polar surface area (TPSA) is 32.3 Å². The molecular formula is C15H16BrNO. The maximum atomic E-state index is 9.63. The van der Waals surface area contributed by atoms with Gasteiger partial charge in [0.25, 0.3) is 0 Å². The molecule has 0 heterocycles. The van der Waals surface area contributed by atoms with E-state index in [0.29, 0.717) is 5.75 Å². The Morgan fingerprint density at radius 2 is 1.78 bits per heavy atom. The van der Waals surface area contributed by atoms with Gasteiger partial charge in [0.05, 0.1) is 0 Å². The van der Waals surface area contributed by atoms with Gasteiger partial charge in [-0.15, -0.1) is 0 Å². The Morgan fingerprint density at radius 1 is 1.06 bits per heavy atom. The van der Waals surface area contributed by atoms with E-state index in [1.807, 2.05) is 19.1 Å². The smallest absolute Gasteiger partial charge is 0.120 e. The van der Waals surface area contributed by atoms with Crippen molar-refractivity contribution in [3.63, 3.8) is 0 Å². The highest BCUT2D eigenvalue weighted by Crippen LogP contribution is 2.22. The highest BCUT2D eigenvalue weighted by molar-refractivity contribution is 9.10. The van der Waals surface area contributed by atoms with Crippen LogP contribution < -0.4 is 5.32 Å². The molecule has 0 aromatic heterocycles. The second-order valence-corrected chi connectivity index (χ2v) is 5.29. The lowest BCUT2D eigenvalue weighted by Crippen LogP contribution is -1.99. The van der Waals surface area contributed by atoms with Crippen LogP contribution in [0.15, 0.2) is 40.9 Å². The van der Waals surface area contributed by atoms with Crippen LogP contribution in [-0.4, -0.2) is 5.11 Å². The van der Waals surface area contributed by atoms with Crippen LogP contribution in [0.5, 0.6) is 5.75 Å². The number of halogens is 1. The fourth-order valence-electron chi connectivity index (χ4n) is 1.67. The Bertz CT molecular complexity index is 515. The third-order valence-electron chi connectivity index (χ3n) is 2.94. The number of nitrogens with one attached hydrogen (secondary N) is 1. The molecule has 0 aliphatic heterocycles. The minimum atomic E-state index is 0.324. The summed E-state index contributed by atoms with van der Waals surface area (Å²) in [6.07, 6.45) is 0. The molecule has 0 saturated carbocycles. The molecule has 0 bridgehead atoms. The van der Waals surface area contributed by atoms with Crippen LogP contribution in [0.25, 0.3) is 0 Å². The second kappa shape index (κ2) is 5.44. The van der Waals surface area contributed by atoms with Crippen LogP contribution in [0, 0.1) is 13.8 Å². The molecule has 94 valence electrons. The van der Waals surface area contributed by atoms with Crippen LogP contribution in [0.4, 0.5) is 5.69 Å². The summed E-state index contributed by atoms with van der Waals surface area (Å²) in [5.41, 5.74) is 4.24. The van der Waals surface area contributed by atoms with Crippen LogP contribution in [0.2, 0.25) is 0 Å². The Balaban J connectivity index is 2.06. The monoisotopic (exact) mass is 305 g/mol. The summed E-state index contributed by atoms with van der Waals surface area (Å²) in [6, 6.07) is 11.9. The van der Waals surface area contributed by atoms with E-state index in [1.165, 1.54) is 11.1 Å². The lowest BCUT2D eigenvalue weighted by Gasteiger charge is -2.09. The van der Waals surface area contributed by atoms with Gasteiger partial charge in [0.2, 0.25) is 0 Å². The quantitative estimate of drug-likeness (QED) is 0.882. The van der Waals surface area contributed by atoms with Gasteiger partial charge >= 0.3 is 0 Å².